The number of aromatic nitrogens is 4. The molecule has 22 heavy (non-hydrogen) atoms. The number of pyridine rings is 1. The van der Waals surface area contributed by atoms with Gasteiger partial charge >= 0.3 is 6.18 Å². The fourth-order valence-corrected chi connectivity index (χ4v) is 2.81. The highest BCUT2D eigenvalue weighted by Crippen LogP contribution is 2.35. The van der Waals surface area contributed by atoms with E-state index in [-0.39, 0.29) is 16.7 Å². The zero-order valence-electron chi connectivity index (χ0n) is 11.4. The van der Waals surface area contributed by atoms with Crippen LogP contribution in [0.2, 0.25) is 5.02 Å². The molecule has 10 heteroatoms. The van der Waals surface area contributed by atoms with Crippen molar-refractivity contribution in [1.29, 1.82) is 0 Å². The van der Waals surface area contributed by atoms with Gasteiger partial charge < -0.3 is 9.67 Å². The summed E-state index contributed by atoms with van der Waals surface area (Å²) in [6.07, 6.45) is -2.99. The molecule has 5 nitrogen and oxygen atoms in total. The second-order valence-corrected chi connectivity index (χ2v) is 5.68. The van der Waals surface area contributed by atoms with Crippen LogP contribution in [0.15, 0.2) is 22.4 Å². The van der Waals surface area contributed by atoms with Gasteiger partial charge in [0.15, 0.2) is 11.0 Å². The number of alkyl halides is 3. The minimum atomic E-state index is -4.49. The summed E-state index contributed by atoms with van der Waals surface area (Å²) >= 11 is 6.87. The molecule has 2 rings (SSSR count). The summed E-state index contributed by atoms with van der Waals surface area (Å²) in [5, 5.41) is 17.4. The van der Waals surface area contributed by atoms with Crippen LogP contribution in [-0.4, -0.2) is 24.9 Å². The Morgan fingerprint density at radius 2 is 2.09 bits per heavy atom. The maximum atomic E-state index is 12.6. The first kappa shape index (κ1) is 17.0. The lowest BCUT2D eigenvalue weighted by atomic mass is 10.3. The zero-order chi connectivity index (χ0) is 16.3. The molecular weight excluding hydrogens is 341 g/mol. The molecule has 0 radical (unpaired) electrons. The van der Waals surface area contributed by atoms with E-state index in [0.717, 1.165) is 30.4 Å². The summed E-state index contributed by atoms with van der Waals surface area (Å²) < 4.78 is 39.4. The van der Waals surface area contributed by atoms with E-state index in [1.54, 1.807) is 4.57 Å². The van der Waals surface area contributed by atoms with E-state index in [0.29, 0.717) is 17.5 Å². The molecule has 1 N–H and O–H groups in total. The van der Waals surface area contributed by atoms with Crippen LogP contribution in [0.1, 0.15) is 24.7 Å². The monoisotopic (exact) mass is 352 g/mol. The van der Waals surface area contributed by atoms with Gasteiger partial charge in [-0.3, -0.25) is 0 Å². The molecule has 0 spiro atoms. The molecule has 0 saturated heterocycles. The molecule has 2 aromatic rings. The third-order valence-corrected chi connectivity index (χ3v) is 4.11. The van der Waals surface area contributed by atoms with Gasteiger partial charge in [-0.15, -0.1) is 10.2 Å². The molecule has 0 amide bonds. The van der Waals surface area contributed by atoms with Crippen LogP contribution < -0.4 is 0 Å². The third kappa shape index (κ3) is 3.71. The van der Waals surface area contributed by atoms with Crippen molar-refractivity contribution in [3.05, 3.63) is 28.7 Å². The van der Waals surface area contributed by atoms with Crippen molar-refractivity contribution < 1.29 is 18.3 Å². The molecule has 2 heterocycles. The van der Waals surface area contributed by atoms with E-state index >= 15 is 0 Å². The Balaban J connectivity index is 2.30. The Bertz CT molecular complexity index is 662. The highest BCUT2D eigenvalue weighted by atomic mass is 35.5. The number of hydrogen-bond acceptors (Lipinski definition) is 5. The maximum Gasteiger partial charge on any atom is 0.417 e. The third-order valence-electron chi connectivity index (χ3n) is 2.70. The number of halogens is 4. The van der Waals surface area contributed by atoms with Crippen LogP contribution in [0.5, 0.6) is 0 Å². The summed E-state index contributed by atoms with van der Waals surface area (Å²) in [5.74, 6) is 0.382. The van der Waals surface area contributed by atoms with Crippen molar-refractivity contribution in [2.75, 3.05) is 0 Å². The van der Waals surface area contributed by atoms with Gasteiger partial charge in [-0.2, -0.15) is 13.2 Å². The fraction of sp³-hybridized carbons (Fsp3) is 0.417. The van der Waals surface area contributed by atoms with E-state index < -0.39 is 11.7 Å². The Morgan fingerprint density at radius 1 is 1.36 bits per heavy atom. The molecule has 0 fully saturated rings. The lowest BCUT2D eigenvalue weighted by molar-refractivity contribution is -0.137. The Kier molecular flexibility index (Phi) is 5.30. The van der Waals surface area contributed by atoms with Crippen LogP contribution in [-0.2, 0) is 19.3 Å². The zero-order valence-corrected chi connectivity index (χ0v) is 13.0. The van der Waals surface area contributed by atoms with Crippen LogP contribution >= 0.6 is 23.4 Å². The largest absolute Gasteiger partial charge is 0.417 e. The minimum absolute atomic E-state index is 0.114. The van der Waals surface area contributed by atoms with Crippen LogP contribution in [0.25, 0.3) is 0 Å². The van der Waals surface area contributed by atoms with Crippen molar-refractivity contribution in [2.45, 2.75) is 42.9 Å². The standard InChI is InChI=1S/C12H12ClF3N4OS/c1-2-3-20-9(6-21)18-19-11(20)22-10-8(13)4-7(5-17-10)12(14,15)16/h4-5,21H,2-3,6H2,1H3. The first-order valence-electron chi connectivity index (χ1n) is 6.30. The van der Waals surface area contributed by atoms with E-state index in [4.69, 9.17) is 11.6 Å². The smallest absolute Gasteiger partial charge is 0.388 e. The summed E-state index contributed by atoms with van der Waals surface area (Å²) in [5.41, 5.74) is -0.909. The molecule has 0 unspecified atom stereocenters. The first-order chi connectivity index (χ1) is 10.4. The molecule has 0 aromatic carbocycles. The summed E-state index contributed by atoms with van der Waals surface area (Å²) in [6, 6.07) is 0.824. The topological polar surface area (TPSA) is 63.8 Å². The van der Waals surface area contributed by atoms with E-state index in [1.165, 1.54) is 0 Å². The minimum Gasteiger partial charge on any atom is -0.388 e. The number of nitrogens with zero attached hydrogens (tertiary/aromatic N) is 4. The fourth-order valence-electron chi connectivity index (χ4n) is 1.70. The van der Waals surface area contributed by atoms with Gasteiger partial charge in [-0.1, -0.05) is 18.5 Å². The van der Waals surface area contributed by atoms with Gasteiger partial charge in [0.05, 0.1) is 10.6 Å². The average Bonchev–Trinajstić information content (AvgIpc) is 2.82. The molecule has 120 valence electrons. The highest BCUT2D eigenvalue weighted by molar-refractivity contribution is 7.99. The summed E-state index contributed by atoms with van der Waals surface area (Å²) in [7, 11) is 0. The van der Waals surface area contributed by atoms with Crippen LogP contribution in [0.3, 0.4) is 0 Å². The van der Waals surface area contributed by atoms with Gasteiger partial charge in [-0.25, -0.2) is 4.98 Å². The second kappa shape index (κ2) is 6.84. The number of aliphatic hydroxyl groups is 1. The molecule has 0 atom stereocenters. The lowest BCUT2D eigenvalue weighted by Crippen LogP contribution is -2.06. The maximum absolute atomic E-state index is 12.6. The summed E-state index contributed by atoms with van der Waals surface area (Å²) in [6.45, 7) is 2.24. The summed E-state index contributed by atoms with van der Waals surface area (Å²) in [4.78, 5) is 3.74. The van der Waals surface area contributed by atoms with Crippen molar-refractivity contribution >= 4 is 23.4 Å². The van der Waals surface area contributed by atoms with Gasteiger partial charge in [0.2, 0.25) is 0 Å². The first-order valence-corrected chi connectivity index (χ1v) is 7.49. The van der Waals surface area contributed by atoms with Gasteiger partial charge in [-0.05, 0) is 24.2 Å². The Labute approximate surface area is 133 Å². The second-order valence-electron chi connectivity index (χ2n) is 4.32. The average molecular weight is 353 g/mol. The lowest BCUT2D eigenvalue weighted by Gasteiger charge is -2.10. The molecule has 0 aliphatic rings. The van der Waals surface area contributed by atoms with Crippen molar-refractivity contribution in [3.8, 4) is 0 Å². The Hall–Kier alpha value is -1.32. The van der Waals surface area contributed by atoms with E-state index in [2.05, 4.69) is 15.2 Å². The number of hydrogen-bond donors (Lipinski definition) is 1. The number of rotatable bonds is 5. The van der Waals surface area contributed by atoms with Gasteiger partial charge in [0.25, 0.3) is 0 Å². The molecular formula is C12H12ClF3N4OS. The van der Waals surface area contributed by atoms with Gasteiger partial charge in [0.1, 0.15) is 11.6 Å². The predicted molar refractivity (Wildman–Crippen MR) is 74.6 cm³/mol. The molecule has 0 aliphatic heterocycles. The van der Waals surface area contributed by atoms with Crippen molar-refractivity contribution in [2.24, 2.45) is 0 Å². The SMILES string of the molecule is CCCn1c(CO)nnc1Sc1ncc(C(F)(F)F)cc1Cl. The van der Waals surface area contributed by atoms with Gasteiger partial charge in [0, 0.05) is 12.7 Å². The molecule has 0 aliphatic carbocycles. The predicted octanol–water partition coefficient (Wildman–Crippen LogP) is 3.40. The highest BCUT2D eigenvalue weighted by Gasteiger charge is 2.31. The van der Waals surface area contributed by atoms with E-state index in [9.17, 15) is 18.3 Å². The Morgan fingerprint density at radius 3 is 2.64 bits per heavy atom. The van der Waals surface area contributed by atoms with E-state index in [1.807, 2.05) is 6.92 Å². The van der Waals surface area contributed by atoms with Crippen molar-refractivity contribution in [1.82, 2.24) is 19.7 Å². The molecule has 0 bridgehead atoms. The normalized spacial score (nSPS) is 11.9. The quantitative estimate of drug-likeness (QED) is 0.893. The van der Waals surface area contributed by atoms with Crippen LogP contribution in [0, 0.1) is 0 Å². The molecule has 0 saturated carbocycles. The molecule has 2 aromatic heterocycles. The van der Waals surface area contributed by atoms with Crippen LogP contribution in [0.4, 0.5) is 13.2 Å². The number of aliphatic hydroxyl groups excluding tert-OH is 1. The van der Waals surface area contributed by atoms with Crippen molar-refractivity contribution in [3.63, 3.8) is 0 Å².